The Morgan fingerprint density at radius 1 is 0.471 bits per heavy atom. The standard InChI is InChI=1S/C31H21NO2/c33-30-28(26-18-8-14-22-12-4-6-16-24(22)26)29(27-19-9-15-23-13-5-7-17-25(23)27)31(34)32(30)20-21-10-2-1-3-11-21/h1-19H,20H2. The van der Waals surface area contributed by atoms with E-state index in [-0.39, 0.29) is 18.4 Å². The zero-order valence-electron chi connectivity index (χ0n) is 18.4. The van der Waals surface area contributed by atoms with Crippen molar-refractivity contribution in [3.05, 3.63) is 132 Å². The summed E-state index contributed by atoms with van der Waals surface area (Å²) in [7, 11) is 0. The molecule has 0 saturated heterocycles. The first-order valence-electron chi connectivity index (χ1n) is 11.3. The average molecular weight is 440 g/mol. The van der Waals surface area contributed by atoms with Crippen LogP contribution in [-0.4, -0.2) is 16.7 Å². The number of hydrogen-bond donors (Lipinski definition) is 0. The van der Waals surface area contributed by atoms with E-state index in [4.69, 9.17) is 0 Å². The second-order valence-electron chi connectivity index (χ2n) is 8.49. The van der Waals surface area contributed by atoms with Gasteiger partial charge < -0.3 is 0 Å². The van der Waals surface area contributed by atoms with Gasteiger partial charge in [-0.15, -0.1) is 0 Å². The molecule has 0 bridgehead atoms. The first-order valence-corrected chi connectivity index (χ1v) is 11.3. The minimum absolute atomic E-state index is 0.237. The molecule has 162 valence electrons. The molecular formula is C31H21NO2. The lowest BCUT2D eigenvalue weighted by molar-refractivity contribution is -0.136. The van der Waals surface area contributed by atoms with Crippen molar-refractivity contribution >= 4 is 44.5 Å². The molecule has 6 rings (SSSR count). The summed E-state index contributed by atoms with van der Waals surface area (Å²) in [6.07, 6.45) is 0. The molecule has 0 saturated carbocycles. The van der Waals surface area contributed by atoms with Gasteiger partial charge in [-0.05, 0) is 38.2 Å². The van der Waals surface area contributed by atoms with Crippen LogP contribution in [0.2, 0.25) is 0 Å². The number of carbonyl (C=O) groups is 2. The lowest BCUT2D eigenvalue weighted by atomic mass is 9.90. The van der Waals surface area contributed by atoms with E-state index >= 15 is 0 Å². The highest BCUT2D eigenvalue weighted by Crippen LogP contribution is 2.41. The minimum atomic E-state index is -0.256. The molecule has 3 nitrogen and oxygen atoms in total. The molecule has 0 aromatic heterocycles. The van der Waals surface area contributed by atoms with Gasteiger partial charge in [0.2, 0.25) is 0 Å². The van der Waals surface area contributed by atoms with Crippen LogP contribution in [0.1, 0.15) is 16.7 Å². The molecule has 0 radical (unpaired) electrons. The number of carbonyl (C=O) groups excluding carboxylic acids is 2. The fourth-order valence-corrected chi connectivity index (χ4v) is 4.87. The summed E-state index contributed by atoms with van der Waals surface area (Å²) in [6, 6.07) is 37.5. The predicted molar refractivity (Wildman–Crippen MR) is 137 cm³/mol. The number of imide groups is 1. The van der Waals surface area contributed by atoms with Crippen LogP contribution in [0.4, 0.5) is 0 Å². The molecule has 1 heterocycles. The monoisotopic (exact) mass is 439 g/mol. The zero-order valence-corrected chi connectivity index (χ0v) is 18.4. The Kier molecular flexibility index (Phi) is 4.81. The van der Waals surface area contributed by atoms with Crippen molar-refractivity contribution in [2.24, 2.45) is 0 Å². The largest absolute Gasteiger partial charge is 0.270 e. The second kappa shape index (κ2) is 8.13. The van der Waals surface area contributed by atoms with Crippen LogP contribution in [0, 0.1) is 0 Å². The highest BCUT2D eigenvalue weighted by Gasteiger charge is 2.40. The Morgan fingerprint density at radius 2 is 0.912 bits per heavy atom. The smallest absolute Gasteiger partial charge is 0.262 e. The Balaban J connectivity index is 1.62. The van der Waals surface area contributed by atoms with Crippen molar-refractivity contribution in [2.75, 3.05) is 0 Å². The van der Waals surface area contributed by atoms with Crippen LogP contribution < -0.4 is 0 Å². The van der Waals surface area contributed by atoms with Gasteiger partial charge in [0, 0.05) is 0 Å². The van der Waals surface area contributed by atoms with E-state index in [0.717, 1.165) is 38.2 Å². The van der Waals surface area contributed by atoms with E-state index in [1.807, 2.05) is 115 Å². The molecule has 0 spiro atoms. The number of amides is 2. The third-order valence-electron chi connectivity index (χ3n) is 6.47. The topological polar surface area (TPSA) is 37.4 Å². The summed E-state index contributed by atoms with van der Waals surface area (Å²) in [5.74, 6) is -0.513. The molecule has 34 heavy (non-hydrogen) atoms. The van der Waals surface area contributed by atoms with Crippen LogP contribution >= 0.6 is 0 Å². The van der Waals surface area contributed by atoms with E-state index in [1.165, 1.54) is 4.90 Å². The van der Waals surface area contributed by atoms with Gasteiger partial charge in [0.15, 0.2) is 0 Å². The first-order chi connectivity index (χ1) is 16.7. The van der Waals surface area contributed by atoms with Crippen LogP contribution in [0.5, 0.6) is 0 Å². The third-order valence-corrected chi connectivity index (χ3v) is 6.47. The third kappa shape index (κ3) is 3.22. The van der Waals surface area contributed by atoms with Crippen LogP contribution in [0.25, 0.3) is 32.7 Å². The summed E-state index contributed by atoms with van der Waals surface area (Å²) >= 11 is 0. The molecule has 1 aliphatic heterocycles. The van der Waals surface area contributed by atoms with E-state index in [1.54, 1.807) is 0 Å². The van der Waals surface area contributed by atoms with E-state index in [0.29, 0.717) is 11.1 Å². The van der Waals surface area contributed by atoms with Crippen molar-refractivity contribution in [1.29, 1.82) is 0 Å². The number of benzene rings is 5. The fraction of sp³-hybridized carbons (Fsp3) is 0.0323. The van der Waals surface area contributed by atoms with Crippen LogP contribution in [0.15, 0.2) is 115 Å². The van der Waals surface area contributed by atoms with Gasteiger partial charge >= 0.3 is 0 Å². The maximum absolute atomic E-state index is 13.9. The van der Waals surface area contributed by atoms with Crippen LogP contribution in [0.3, 0.4) is 0 Å². The highest BCUT2D eigenvalue weighted by atomic mass is 16.2. The summed E-state index contributed by atoms with van der Waals surface area (Å²) in [6.45, 7) is 0.237. The van der Waals surface area contributed by atoms with Crippen LogP contribution in [-0.2, 0) is 16.1 Å². The fourth-order valence-electron chi connectivity index (χ4n) is 4.87. The molecule has 5 aromatic rings. The van der Waals surface area contributed by atoms with Crippen molar-refractivity contribution in [3.8, 4) is 0 Å². The molecule has 0 unspecified atom stereocenters. The van der Waals surface area contributed by atoms with Crippen molar-refractivity contribution in [3.63, 3.8) is 0 Å². The molecule has 0 atom stereocenters. The first kappa shape index (κ1) is 20.1. The number of hydrogen-bond acceptors (Lipinski definition) is 2. The SMILES string of the molecule is O=C1C(c2cccc3ccccc23)=C(c2cccc3ccccc23)C(=O)N1Cc1ccccc1. The van der Waals surface area contributed by atoms with E-state index < -0.39 is 0 Å². The lowest BCUT2D eigenvalue weighted by Gasteiger charge is -2.16. The van der Waals surface area contributed by atoms with Crippen molar-refractivity contribution < 1.29 is 9.59 Å². The number of fused-ring (bicyclic) bond motifs is 2. The molecule has 5 aromatic carbocycles. The van der Waals surface area contributed by atoms with Crippen molar-refractivity contribution in [1.82, 2.24) is 4.90 Å². The second-order valence-corrected chi connectivity index (χ2v) is 8.49. The van der Waals surface area contributed by atoms with E-state index in [9.17, 15) is 9.59 Å². The van der Waals surface area contributed by atoms with Gasteiger partial charge in [0.25, 0.3) is 11.8 Å². The minimum Gasteiger partial charge on any atom is -0.270 e. The normalized spacial score (nSPS) is 13.9. The Bertz CT molecular complexity index is 1500. The maximum atomic E-state index is 13.9. The number of nitrogens with zero attached hydrogens (tertiary/aromatic N) is 1. The predicted octanol–water partition coefficient (Wildman–Crippen LogP) is 6.47. The Labute approximate surface area is 197 Å². The van der Waals surface area contributed by atoms with Gasteiger partial charge in [0.1, 0.15) is 0 Å². The number of rotatable bonds is 4. The molecule has 1 aliphatic rings. The zero-order chi connectivity index (χ0) is 23.1. The maximum Gasteiger partial charge on any atom is 0.262 e. The molecule has 2 amide bonds. The summed E-state index contributed by atoms with van der Waals surface area (Å²) in [4.78, 5) is 29.2. The summed E-state index contributed by atoms with van der Waals surface area (Å²) < 4.78 is 0. The van der Waals surface area contributed by atoms with Gasteiger partial charge in [0.05, 0.1) is 17.7 Å². The summed E-state index contributed by atoms with van der Waals surface area (Å²) in [5, 5.41) is 3.99. The highest BCUT2D eigenvalue weighted by molar-refractivity contribution is 6.50. The van der Waals surface area contributed by atoms with Gasteiger partial charge in [-0.1, -0.05) is 115 Å². The molecule has 0 aliphatic carbocycles. The van der Waals surface area contributed by atoms with Crippen molar-refractivity contribution in [2.45, 2.75) is 6.54 Å². The Morgan fingerprint density at radius 3 is 1.44 bits per heavy atom. The summed E-state index contributed by atoms with van der Waals surface area (Å²) in [5.41, 5.74) is 3.42. The molecular weight excluding hydrogens is 418 g/mol. The average Bonchev–Trinajstić information content (AvgIpc) is 3.13. The van der Waals surface area contributed by atoms with Gasteiger partial charge in [-0.3, -0.25) is 14.5 Å². The van der Waals surface area contributed by atoms with E-state index in [2.05, 4.69) is 0 Å². The molecule has 0 fully saturated rings. The molecule has 0 N–H and O–H groups in total. The van der Waals surface area contributed by atoms with Gasteiger partial charge in [-0.2, -0.15) is 0 Å². The lowest BCUT2D eigenvalue weighted by Crippen LogP contribution is -2.31. The van der Waals surface area contributed by atoms with Gasteiger partial charge in [-0.25, -0.2) is 0 Å². The Hall–Kier alpha value is -4.50. The molecule has 3 heteroatoms. The quantitative estimate of drug-likeness (QED) is 0.301.